The highest BCUT2D eigenvalue weighted by Crippen LogP contribution is 2.38. The van der Waals surface area contributed by atoms with Gasteiger partial charge in [0.25, 0.3) is 5.91 Å². The van der Waals surface area contributed by atoms with Gasteiger partial charge in [-0.05, 0) is 30.2 Å². The standard InChI is InChI=1S/C29H32F6N4O3/c30-28(31,32)22-16-21(17-23(18-22)29(33,34)35)26(40)39-7-6-25(24(19-39)20-4-2-1-3-5-20)36-8-10-37(11-9-36)27(41)38-12-14-42-15-13-38/h1-5,16-18,24-25H,6-15,19H2/t24-,25-/m1/s1. The van der Waals surface area contributed by atoms with E-state index in [2.05, 4.69) is 4.90 Å². The zero-order valence-electron chi connectivity index (χ0n) is 22.8. The maximum absolute atomic E-state index is 13.4. The lowest BCUT2D eigenvalue weighted by Crippen LogP contribution is -2.59. The van der Waals surface area contributed by atoms with Crippen LogP contribution in [0.3, 0.4) is 0 Å². The predicted molar refractivity (Wildman–Crippen MR) is 141 cm³/mol. The normalized spacial score (nSPS) is 22.8. The van der Waals surface area contributed by atoms with Crippen LogP contribution >= 0.6 is 0 Å². The summed E-state index contributed by atoms with van der Waals surface area (Å²) in [5.41, 5.74) is -2.75. The van der Waals surface area contributed by atoms with Crippen LogP contribution in [-0.2, 0) is 17.1 Å². The molecule has 0 spiro atoms. The average molecular weight is 599 g/mol. The van der Waals surface area contributed by atoms with Crippen molar-refractivity contribution in [1.29, 1.82) is 0 Å². The molecule has 228 valence electrons. The van der Waals surface area contributed by atoms with E-state index in [0.29, 0.717) is 71.0 Å². The highest BCUT2D eigenvalue weighted by atomic mass is 19.4. The van der Waals surface area contributed by atoms with Gasteiger partial charge in [0.1, 0.15) is 0 Å². The van der Waals surface area contributed by atoms with Crippen LogP contribution in [0.4, 0.5) is 31.1 Å². The summed E-state index contributed by atoms with van der Waals surface area (Å²) in [4.78, 5) is 33.6. The summed E-state index contributed by atoms with van der Waals surface area (Å²) in [5.74, 6) is -1.09. The fourth-order valence-electron chi connectivity index (χ4n) is 6.05. The van der Waals surface area contributed by atoms with Crippen molar-refractivity contribution in [2.75, 3.05) is 65.6 Å². The number of piperidine rings is 1. The van der Waals surface area contributed by atoms with Gasteiger partial charge in [0.2, 0.25) is 0 Å². The minimum Gasteiger partial charge on any atom is -0.378 e. The number of amides is 3. The van der Waals surface area contributed by atoms with E-state index in [-0.39, 0.29) is 37.1 Å². The van der Waals surface area contributed by atoms with Crippen molar-refractivity contribution < 1.29 is 40.7 Å². The molecule has 3 heterocycles. The number of halogens is 6. The van der Waals surface area contributed by atoms with Crippen LogP contribution in [0.1, 0.15) is 39.4 Å². The monoisotopic (exact) mass is 598 g/mol. The summed E-state index contributed by atoms with van der Waals surface area (Å²) >= 11 is 0. The SMILES string of the molecule is O=C(c1cc(C(F)(F)F)cc(C(F)(F)F)c1)N1CC[C@@H](N2CCN(C(=O)N3CCOCC3)CC2)[C@@H](c2ccccc2)C1. The van der Waals surface area contributed by atoms with Gasteiger partial charge in [-0.1, -0.05) is 30.3 Å². The molecule has 3 aliphatic rings. The Hall–Kier alpha value is -3.32. The molecular weight excluding hydrogens is 566 g/mol. The van der Waals surface area contributed by atoms with Gasteiger partial charge < -0.3 is 19.4 Å². The number of rotatable bonds is 3. The van der Waals surface area contributed by atoms with E-state index < -0.39 is 35.0 Å². The summed E-state index contributed by atoms with van der Waals surface area (Å²) in [5, 5.41) is 0. The fourth-order valence-corrected chi connectivity index (χ4v) is 6.05. The zero-order valence-corrected chi connectivity index (χ0v) is 22.8. The molecule has 13 heteroatoms. The molecule has 0 N–H and O–H groups in total. The first-order valence-electron chi connectivity index (χ1n) is 13.9. The van der Waals surface area contributed by atoms with Crippen molar-refractivity contribution >= 4 is 11.9 Å². The summed E-state index contributed by atoms with van der Waals surface area (Å²) in [7, 11) is 0. The number of ether oxygens (including phenoxy) is 1. The number of likely N-dealkylation sites (tertiary alicyclic amines) is 1. The molecule has 0 aliphatic carbocycles. The molecule has 3 saturated heterocycles. The Kier molecular flexibility index (Phi) is 8.70. The van der Waals surface area contributed by atoms with Crippen molar-refractivity contribution in [2.45, 2.75) is 30.7 Å². The zero-order chi connectivity index (χ0) is 30.1. The maximum atomic E-state index is 13.4. The van der Waals surface area contributed by atoms with E-state index in [1.54, 1.807) is 4.90 Å². The van der Waals surface area contributed by atoms with Crippen LogP contribution in [0, 0.1) is 0 Å². The highest BCUT2D eigenvalue weighted by Gasteiger charge is 2.41. The van der Waals surface area contributed by atoms with Crippen molar-refractivity contribution in [3.63, 3.8) is 0 Å². The third-order valence-corrected chi connectivity index (χ3v) is 8.26. The fraction of sp³-hybridized carbons (Fsp3) is 0.517. The molecule has 2 aromatic carbocycles. The smallest absolute Gasteiger partial charge is 0.378 e. The molecule has 2 atom stereocenters. The molecule has 0 aromatic heterocycles. The molecule has 3 amide bonds. The van der Waals surface area contributed by atoms with E-state index in [9.17, 15) is 35.9 Å². The second-order valence-corrected chi connectivity index (χ2v) is 10.8. The van der Waals surface area contributed by atoms with E-state index in [1.165, 1.54) is 4.90 Å². The molecule has 0 saturated carbocycles. The largest absolute Gasteiger partial charge is 0.416 e. The average Bonchev–Trinajstić information content (AvgIpc) is 3.00. The van der Waals surface area contributed by atoms with Gasteiger partial charge in [-0.25, -0.2) is 4.79 Å². The van der Waals surface area contributed by atoms with E-state index in [0.717, 1.165) is 5.56 Å². The van der Waals surface area contributed by atoms with Crippen LogP contribution in [0.5, 0.6) is 0 Å². The number of hydrogen-bond donors (Lipinski definition) is 0. The van der Waals surface area contributed by atoms with Gasteiger partial charge in [-0.2, -0.15) is 26.3 Å². The first-order valence-corrected chi connectivity index (χ1v) is 13.9. The summed E-state index contributed by atoms with van der Waals surface area (Å²) < 4.78 is 85.9. The van der Waals surface area contributed by atoms with E-state index in [1.807, 2.05) is 35.2 Å². The van der Waals surface area contributed by atoms with Gasteiger partial charge in [-0.15, -0.1) is 0 Å². The van der Waals surface area contributed by atoms with Gasteiger partial charge in [0.05, 0.1) is 24.3 Å². The number of hydrogen-bond acceptors (Lipinski definition) is 4. The number of piperazine rings is 1. The Morgan fingerprint density at radius 1 is 0.714 bits per heavy atom. The van der Waals surface area contributed by atoms with Gasteiger partial charge in [0.15, 0.2) is 0 Å². The van der Waals surface area contributed by atoms with Crippen molar-refractivity contribution in [3.8, 4) is 0 Å². The van der Waals surface area contributed by atoms with Crippen LogP contribution in [0.25, 0.3) is 0 Å². The number of urea groups is 1. The molecule has 3 fully saturated rings. The second-order valence-electron chi connectivity index (χ2n) is 10.8. The lowest BCUT2D eigenvalue weighted by molar-refractivity contribution is -0.143. The third-order valence-electron chi connectivity index (χ3n) is 8.26. The number of carbonyl (C=O) groups excluding carboxylic acids is 2. The number of nitrogens with zero attached hydrogens (tertiary/aromatic N) is 4. The van der Waals surface area contributed by atoms with E-state index in [4.69, 9.17) is 4.74 Å². The van der Waals surface area contributed by atoms with Crippen molar-refractivity contribution in [2.24, 2.45) is 0 Å². The van der Waals surface area contributed by atoms with Crippen LogP contribution < -0.4 is 0 Å². The molecule has 0 radical (unpaired) electrons. The second kappa shape index (κ2) is 12.1. The third kappa shape index (κ3) is 6.67. The van der Waals surface area contributed by atoms with E-state index >= 15 is 0 Å². The van der Waals surface area contributed by atoms with Crippen LogP contribution in [0.15, 0.2) is 48.5 Å². The number of carbonyl (C=O) groups is 2. The van der Waals surface area contributed by atoms with Gasteiger partial charge in [-0.3, -0.25) is 9.69 Å². The quantitative estimate of drug-likeness (QED) is 0.477. The Labute approximate surface area is 239 Å². The molecule has 7 nitrogen and oxygen atoms in total. The molecule has 0 bridgehead atoms. The Morgan fingerprint density at radius 2 is 1.29 bits per heavy atom. The molecule has 5 rings (SSSR count). The highest BCUT2D eigenvalue weighted by molar-refractivity contribution is 5.95. The molecule has 3 aliphatic heterocycles. The van der Waals surface area contributed by atoms with Crippen LogP contribution in [0.2, 0.25) is 0 Å². The predicted octanol–water partition coefficient (Wildman–Crippen LogP) is 4.79. The number of morpholine rings is 1. The Bertz CT molecular complexity index is 1230. The van der Waals surface area contributed by atoms with Crippen LogP contribution in [-0.4, -0.2) is 103 Å². The molecule has 42 heavy (non-hydrogen) atoms. The number of benzene rings is 2. The Morgan fingerprint density at radius 3 is 1.86 bits per heavy atom. The maximum Gasteiger partial charge on any atom is 0.416 e. The summed E-state index contributed by atoms with van der Waals surface area (Å²) in [6, 6.07) is 10.4. The minimum absolute atomic E-state index is 0.0164. The lowest BCUT2D eigenvalue weighted by Gasteiger charge is -2.47. The first kappa shape index (κ1) is 30.1. The molecular formula is C29H32F6N4O3. The topological polar surface area (TPSA) is 56.3 Å². The Balaban J connectivity index is 1.33. The molecule has 0 unspecified atom stereocenters. The summed E-state index contributed by atoms with van der Waals surface area (Å²) in [6.45, 7) is 4.73. The molecule has 2 aromatic rings. The van der Waals surface area contributed by atoms with Crippen molar-refractivity contribution in [3.05, 3.63) is 70.8 Å². The first-order chi connectivity index (χ1) is 19.9. The van der Waals surface area contributed by atoms with Gasteiger partial charge >= 0.3 is 18.4 Å². The minimum atomic E-state index is -5.04. The van der Waals surface area contributed by atoms with Crippen molar-refractivity contribution in [1.82, 2.24) is 19.6 Å². The summed E-state index contributed by atoms with van der Waals surface area (Å²) in [6.07, 6.45) is -9.60. The number of alkyl halides is 6. The van der Waals surface area contributed by atoms with Gasteiger partial charge in [0, 0.05) is 69.9 Å². The lowest BCUT2D eigenvalue weighted by atomic mass is 9.84.